The molecule has 1 aliphatic heterocycles. The monoisotopic (exact) mass is 172 g/mol. The molecule has 0 saturated heterocycles. The van der Waals surface area contributed by atoms with Crippen LogP contribution >= 0.6 is 0 Å². The predicted octanol–water partition coefficient (Wildman–Crippen LogP) is 2.90. The van der Waals surface area contributed by atoms with Crippen molar-refractivity contribution in [1.82, 2.24) is 0 Å². The highest BCUT2D eigenvalue weighted by Crippen LogP contribution is 2.50. The topological polar surface area (TPSA) is 24.7 Å². The van der Waals surface area contributed by atoms with Crippen LogP contribution in [0.4, 0.5) is 0 Å². The molecule has 2 atom stereocenters. The first-order valence-electron chi connectivity index (χ1n) is 4.89. The van der Waals surface area contributed by atoms with Crippen LogP contribution in [0.2, 0.25) is 0 Å². The summed E-state index contributed by atoms with van der Waals surface area (Å²) in [4.78, 5) is 0. The van der Waals surface area contributed by atoms with Gasteiger partial charge in [-0.25, -0.2) is 0 Å². The Morgan fingerprint density at radius 2 is 2.08 bits per heavy atom. The first-order valence-corrected chi connectivity index (χ1v) is 4.89. The molecular formula is C11H12N2. The zero-order valence-electron chi connectivity index (χ0n) is 7.48. The molecule has 1 aromatic rings. The summed E-state index contributed by atoms with van der Waals surface area (Å²) < 4.78 is 0. The normalized spacial score (nSPS) is 35.5. The van der Waals surface area contributed by atoms with Gasteiger partial charge < -0.3 is 0 Å². The quantitative estimate of drug-likeness (QED) is 0.622. The van der Waals surface area contributed by atoms with Gasteiger partial charge in [0.05, 0.1) is 0 Å². The van der Waals surface area contributed by atoms with E-state index >= 15 is 0 Å². The molecule has 1 aliphatic carbocycles. The molecule has 0 spiro atoms. The van der Waals surface area contributed by atoms with Crippen molar-refractivity contribution in [1.29, 1.82) is 0 Å². The van der Waals surface area contributed by atoms with Crippen LogP contribution in [0.25, 0.3) is 0 Å². The maximum Gasteiger partial charge on any atom is 0.130 e. The Kier molecular flexibility index (Phi) is 1.34. The number of azo groups is 1. The third-order valence-corrected chi connectivity index (χ3v) is 3.24. The number of hydrogen-bond donors (Lipinski definition) is 0. The Hall–Kier alpha value is -1.18. The summed E-state index contributed by atoms with van der Waals surface area (Å²) in [5.41, 5.74) is 1.44. The fourth-order valence-corrected chi connectivity index (χ4v) is 2.48. The van der Waals surface area contributed by atoms with Crippen molar-refractivity contribution in [3.05, 3.63) is 35.9 Å². The van der Waals surface area contributed by atoms with Crippen LogP contribution in [0.3, 0.4) is 0 Å². The molecule has 0 amide bonds. The summed E-state index contributed by atoms with van der Waals surface area (Å²) in [5.74, 6) is 0. The van der Waals surface area contributed by atoms with Crippen molar-refractivity contribution >= 4 is 0 Å². The minimum absolute atomic E-state index is 0.0846. The van der Waals surface area contributed by atoms with E-state index in [2.05, 4.69) is 40.6 Å². The van der Waals surface area contributed by atoms with Gasteiger partial charge in [0.1, 0.15) is 11.6 Å². The highest BCUT2D eigenvalue weighted by atomic mass is 15.3. The van der Waals surface area contributed by atoms with E-state index < -0.39 is 0 Å². The number of nitrogens with zero attached hydrogens (tertiary/aromatic N) is 2. The van der Waals surface area contributed by atoms with E-state index in [9.17, 15) is 0 Å². The van der Waals surface area contributed by atoms with Gasteiger partial charge in [-0.2, -0.15) is 10.2 Å². The van der Waals surface area contributed by atoms with E-state index in [1.807, 2.05) is 0 Å². The standard InChI is InChI=1S/C11H12N2/c1-2-5-9(6-3-1)11-8-4-7-10(11)12-13-11/h1-3,5-6,10H,4,7-8H2. The lowest BCUT2D eigenvalue weighted by atomic mass is 9.84. The minimum Gasteiger partial charge on any atom is -0.187 e. The second kappa shape index (κ2) is 2.41. The maximum atomic E-state index is 4.36. The molecule has 13 heavy (non-hydrogen) atoms. The predicted molar refractivity (Wildman–Crippen MR) is 50.6 cm³/mol. The van der Waals surface area contributed by atoms with E-state index in [0.717, 1.165) is 0 Å². The van der Waals surface area contributed by atoms with Crippen molar-refractivity contribution in [2.24, 2.45) is 10.2 Å². The molecule has 0 N–H and O–H groups in total. The van der Waals surface area contributed by atoms with Crippen LogP contribution in [-0.4, -0.2) is 6.04 Å². The van der Waals surface area contributed by atoms with Crippen molar-refractivity contribution < 1.29 is 0 Å². The molecule has 3 rings (SSSR count). The molecule has 1 heterocycles. The first kappa shape index (κ1) is 7.25. The average molecular weight is 172 g/mol. The molecule has 0 radical (unpaired) electrons. The SMILES string of the molecule is c1ccc(C23CCCC2N=N3)cc1. The Bertz CT molecular complexity index is 344. The van der Waals surface area contributed by atoms with Crippen molar-refractivity contribution in [2.75, 3.05) is 0 Å². The zero-order chi connectivity index (χ0) is 8.73. The Morgan fingerprint density at radius 3 is 2.69 bits per heavy atom. The second-order valence-electron chi connectivity index (χ2n) is 3.91. The molecule has 66 valence electrons. The molecule has 1 aromatic carbocycles. The fraction of sp³-hybridized carbons (Fsp3) is 0.455. The van der Waals surface area contributed by atoms with Crippen molar-refractivity contribution in [3.63, 3.8) is 0 Å². The lowest BCUT2D eigenvalue weighted by molar-refractivity contribution is 0.290. The summed E-state index contributed by atoms with van der Waals surface area (Å²) in [7, 11) is 0. The van der Waals surface area contributed by atoms with Gasteiger partial charge in [-0.1, -0.05) is 30.3 Å². The largest absolute Gasteiger partial charge is 0.187 e. The Labute approximate surface area is 77.7 Å². The van der Waals surface area contributed by atoms with Crippen LogP contribution in [0, 0.1) is 0 Å². The van der Waals surface area contributed by atoms with E-state index in [-0.39, 0.29) is 5.54 Å². The lowest BCUT2D eigenvalue weighted by Crippen LogP contribution is -2.37. The summed E-state index contributed by atoms with van der Waals surface area (Å²) in [6.07, 6.45) is 3.68. The van der Waals surface area contributed by atoms with Crippen LogP contribution in [0.1, 0.15) is 24.8 Å². The molecule has 1 saturated carbocycles. The summed E-state index contributed by atoms with van der Waals surface area (Å²) >= 11 is 0. The number of hydrogen-bond acceptors (Lipinski definition) is 2. The van der Waals surface area contributed by atoms with E-state index in [1.54, 1.807) is 0 Å². The Morgan fingerprint density at radius 1 is 1.23 bits per heavy atom. The van der Waals surface area contributed by atoms with Crippen molar-refractivity contribution in [3.8, 4) is 0 Å². The zero-order valence-corrected chi connectivity index (χ0v) is 7.48. The molecule has 2 aliphatic rings. The summed E-state index contributed by atoms with van der Waals surface area (Å²) in [5, 5.41) is 8.56. The highest BCUT2D eigenvalue weighted by molar-refractivity contribution is 5.30. The van der Waals surface area contributed by atoms with Gasteiger partial charge >= 0.3 is 0 Å². The van der Waals surface area contributed by atoms with E-state index in [1.165, 1.54) is 24.8 Å². The molecule has 0 aromatic heterocycles. The fourth-order valence-electron chi connectivity index (χ4n) is 2.48. The molecule has 0 bridgehead atoms. The molecule has 2 unspecified atom stereocenters. The maximum absolute atomic E-state index is 4.36. The third kappa shape index (κ3) is 0.831. The van der Waals surface area contributed by atoms with Gasteiger partial charge in [0.25, 0.3) is 0 Å². The average Bonchev–Trinajstić information content (AvgIpc) is 2.45. The first-order chi connectivity index (χ1) is 6.42. The number of fused-ring (bicyclic) bond motifs is 1. The van der Waals surface area contributed by atoms with Gasteiger partial charge in [0.2, 0.25) is 0 Å². The summed E-state index contributed by atoms with van der Waals surface area (Å²) in [6, 6.07) is 11.1. The van der Waals surface area contributed by atoms with E-state index in [0.29, 0.717) is 6.04 Å². The highest BCUT2D eigenvalue weighted by Gasteiger charge is 2.50. The molecule has 2 nitrogen and oxygen atoms in total. The second-order valence-corrected chi connectivity index (χ2v) is 3.91. The van der Waals surface area contributed by atoms with Gasteiger partial charge in [-0.15, -0.1) is 0 Å². The lowest BCUT2D eigenvalue weighted by Gasteiger charge is -2.35. The minimum atomic E-state index is 0.0846. The molecular weight excluding hydrogens is 160 g/mol. The van der Waals surface area contributed by atoms with Crippen molar-refractivity contribution in [2.45, 2.75) is 30.8 Å². The van der Waals surface area contributed by atoms with Crippen LogP contribution in [0.15, 0.2) is 40.6 Å². The molecule has 1 fully saturated rings. The molecule has 2 heteroatoms. The van der Waals surface area contributed by atoms with Gasteiger partial charge in [-0.05, 0) is 24.8 Å². The third-order valence-electron chi connectivity index (χ3n) is 3.24. The smallest absolute Gasteiger partial charge is 0.130 e. The van der Waals surface area contributed by atoms with Gasteiger partial charge in [-0.3, -0.25) is 0 Å². The summed E-state index contributed by atoms with van der Waals surface area (Å²) in [6.45, 7) is 0. The van der Waals surface area contributed by atoms with Gasteiger partial charge in [0, 0.05) is 0 Å². The van der Waals surface area contributed by atoms with Gasteiger partial charge in [0.15, 0.2) is 0 Å². The number of benzene rings is 1. The number of rotatable bonds is 1. The Balaban J connectivity index is 2.06. The van der Waals surface area contributed by atoms with Crippen LogP contribution in [-0.2, 0) is 5.54 Å². The van der Waals surface area contributed by atoms with E-state index in [4.69, 9.17) is 0 Å². The van der Waals surface area contributed by atoms with Crippen LogP contribution in [0.5, 0.6) is 0 Å². The van der Waals surface area contributed by atoms with Crippen LogP contribution < -0.4 is 0 Å².